The second-order valence-electron chi connectivity index (χ2n) is 9.54. The Kier molecular flexibility index (Phi) is 6.67. The molecule has 1 saturated heterocycles. The number of thiazole rings is 1. The van der Waals surface area contributed by atoms with Crippen molar-refractivity contribution in [3.05, 3.63) is 88.5 Å². The summed E-state index contributed by atoms with van der Waals surface area (Å²) in [6, 6.07) is 17.7. The highest BCUT2D eigenvalue weighted by molar-refractivity contribution is 7.22. The number of aromatic nitrogens is 1. The molecule has 194 valence electrons. The lowest BCUT2D eigenvalue weighted by atomic mass is 9.95. The minimum absolute atomic E-state index is 0.0217. The molecule has 4 aromatic rings. The van der Waals surface area contributed by atoms with Crippen LogP contribution in [0.15, 0.2) is 66.2 Å². The Hall–Kier alpha value is -4.17. The molecule has 5 rings (SSSR count). The number of amides is 1. The van der Waals surface area contributed by atoms with E-state index in [2.05, 4.69) is 0 Å². The summed E-state index contributed by atoms with van der Waals surface area (Å²) in [5, 5.41) is 11.9. The van der Waals surface area contributed by atoms with Gasteiger partial charge >= 0.3 is 5.91 Å². The number of carbonyl (C=O) groups excluding carboxylic acids is 2. The van der Waals surface area contributed by atoms with Crippen LogP contribution < -0.4 is 14.5 Å². The van der Waals surface area contributed by atoms with Gasteiger partial charge in [-0.15, -0.1) is 0 Å². The van der Waals surface area contributed by atoms with Crippen LogP contribution in [0.3, 0.4) is 0 Å². The van der Waals surface area contributed by atoms with Crippen LogP contribution in [-0.2, 0) is 9.59 Å². The zero-order valence-corrected chi connectivity index (χ0v) is 22.8. The Labute approximate surface area is 225 Å². The summed E-state index contributed by atoms with van der Waals surface area (Å²) in [5.74, 6) is -1.15. The largest absolute Gasteiger partial charge is 0.507 e. The van der Waals surface area contributed by atoms with Gasteiger partial charge in [0.1, 0.15) is 11.5 Å². The first kappa shape index (κ1) is 25.5. The monoisotopic (exact) mass is 527 g/mol. The summed E-state index contributed by atoms with van der Waals surface area (Å²) >= 11 is 1.36. The molecular weight excluding hydrogens is 498 g/mol. The zero-order valence-electron chi connectivity index (χ0n) is 22.0. The maximum atomic E-state index is 13.6. The standard InChI is InChI=1S/C30H29N3O4S/c1-6-37-22-9-7-8-20(16-22)27(34)24-26(19-10-12-21(13-11-19)32(4)5)33(29(36)28(24)35)30-31-25-18(3)14-17(2)15-23(25)38-30/h7-16,26,34H,6H2,1-5H3/b27-24+. The van der Waals surface area contributed by atoms with E-state index in [-0.39, 0.29) is 11.3 Å². The molecule has 1 atom stereocenters. The molecule has 7 nitrogen and oxygen atoms in total. The van der Waals surface area contributed by atoms with Gasteiger partial charge in [0.25, 0.3) is 5.78 Å². The molecule has 38 heavy (non-hydrogen) atoms. The molecule has 2 heterocycles. The van der Waals surface area contributed by atoms with Crippen molar-refractivity contribution in [2.24, 2.45) is 0 Å². The molecule has 3 aromatic carbocycles. The van der Waals surface area contributed by atoms with E-state index in [1.54, 1.807) is 24.3 Å². The quantitative estimate of drug-likeness (QED) is 0.188. The highest BCUT2D eigenvalue weighted by Gasteiger charge is 2.48. The van der Waals surface area contributed by atoms with E-state index in [9.17, 15) is 14.7 Å². The Bertz CT molecular complexity index is 1590. The lowest BCUT2D eigenvalue weighted by molar-refractivity contribution is -0.132. The summed E-state index contributed by atoms with van der Waals surface area (Å²) < 4.78 is 6.53. The number of ketones is 1. The van der Waals surface area contributed by atoms with Crippen molar-refractivity contribution in [1.29, 1.82) is 0 Å². The molecule has 0 aliphatic carbocycles. The molecule has 1 N–H and O–H groups in total. The van der Waals surface area contributed by atoms with Gasteiger partial charge in [0.2, 0.25) is 0 Å². The summed E-state index contributed by atoms with van der Waals surface area (Å²) in [5.41, 5.74) is 4.98. The maximum Gasteiger partial charge on any atom is 0.301 e. The molecule has 8 heteroatoms. The molecule has 1 aromatic heterocycles. The van der Waals surface area contributed by atoms with Crippen molar-refractivity contribution in [2.45, 2.75) is 26.8 Å². The minimum Gasteiger partial charge on any atom is -0.507 e. The highest BCUT2D eigenvalue weighted by atomic mass is 32.1. The van der Waals surface area contributed by atoms with Crippen LogP contribution in [0, 0.1) is 13.8 Å². The predicted octanol–water partition coefficient (Wildman–Crippen LogP) is 6.00. The Balaban J connectivity index is 1.71. The SMILES string of the molecule is CCOc1cccc(/C(O)=C2\C(=O)C(=O)N(c3nc4c(C)cc(C)cc4s3)C2c2ccc(N(C)C)cc2)c1. The number of nitrogens with zero attached hydrogens (tertiary/aromatic N) is 3. The summed E-state index contributed by atoms with van der Waals surface area (Å²) in [6.07, 6.45) is 0. The Morgan fingerprint density at radius 3 is 2.50 bits per heavy atom. The van der Waals surface area contributed by atoms with E-state index in [1.165, 1.54) is 16.2 Å². The van der Waals surface area contributed by atoms with E-state index in [0.29, 0.717) is 28.6 Å². The second kappa shape index (κ2) is 9.95. The average Bonchev–Trinajstić information content (AvgIpc) is 3.42. The third-order valence-corrected chi connectivity index (χ3v) is 7.61. The second-order valence-corrected chi connectivity index (χ2v) is 10.6. The minimum atomic E-state index is -0.844. The van der Waals surface area contributed by atoms with Crippen molar-refractivity contribution in [3.63, 3.8) is 0 Å². The summed E-state index contributed by atoms with van der Waals surface area (Å²) in [4.78, 5) is 35.3. The fourth-order valence-electron chi connectivity index (χ4n) is 4.82. The van der Waals surface area contributed by atoms with E-state index < -0.39 is 17.7 Å². The Morgan fingerprint density at radius 1 is 1.08 bits per heavy atom. The summed E-state index contributed by atoms with van der Waals surface area (Å²) in [6.45, 7) is 6.33. The molecule has 0 spiro atoms. The average molecular weight is 528 g/mol. The smallest absolute Gasteiger partial charge is 0.301 e. The van der Waals surface area contributed by atoms with Crippen molar-refractivity contribution >= 4 is 49.8 Å². The van der Waals surface area contributed by atoms with Crippen LogP contribution in [0.25, 0.3) is 16.0 Å². The third-order valence-electron chi connectivity index (χ3n) is 6.61. The lowest BCUT2D eigenvalue weighted by Crippen LogP contribution is -2.29. The van der Waals surface area contributed by atoms with Gasteiger partial charge in [0.15, 0.2) is 5.13 Å². The van der Waals surface area contributed by atoms with Crippen LogP contribution in [0.5, 0.6) is 5.75 Å². The van der Waals surface area contributed by atoms with Gasteiger partial charge in [-0.1, -0.05) is 41.7 Å². The van der Waals surface area contributed by atoms with Gasteiger partial charge < -0.3 is 14.7 Å². The first-order valence-corrected chi connectivity index (χ1v) is 13.2. The molecule has 1 aliphatic heterocycles. The number of anilines is 2. The van der Waals surface area contributed by atoms with Gasteiger partial charge in [-0.2, -0.15) is 0 Å². The molecule has 1 amide bonds. The van der Waals surface area contributed by atoms with E-state index in [1.807, 2.05) is 76.2 Å². The maximum absolute atomic E-state index is 13.6. The van der Waals surface area contributed by atoms with Gasteiger partial charge in [0.05, 0.1) is 28.4 Å². The number of fused-ring (bicyclic) bond motifs is 1. The number of ether oxygens (including phenoxy) is 1. The van der Waals surface area contributed by atoms with E-state index in [4.69, 9.17) is 9.72 Å². The number of carbonyl (C=O) groups is 2. The first-order chi connectivity index (χ1) is 18.2. The summed E-state index contributed by atoms with van der Waals surface area (Å²) in [7, 11) is 3.88. The topological polar surface area (TPSA) is 83.0 Å². The van der Waals surface area contributed by atoms with Crippen molar-refractivity contribution in [2.75, 3.05) is 30.5 Å². The van der Waals surface area contributed by atoms with Crippen molar-refractivity contribution in [3.8, 4) is 5.75 Å². The zero-order chi connectivity index (χ0) is 27.1. The molecule has 0 saturated carbocycles. The molecular formula is C30H29N3O4S. The van der Waals surface area contributed by atoms with Gasteiger partial charge in [-0.25, -0.2) is 4.98 Å². The van der Waals surface area contributed by atoms with Crippen LogP contribution in [0.1, 0.15) is 35.2 Å². The van der Waals surface area contributed by atoms with Gasteiger partial charge in [0, 0.05) is 25.3 Å². The molecule has 1 unspecified atom stereocenters. The van der Waals surface area contributed by atoms with Crippen LogP contribution in [0.2, 0.25) is 0 Å². The number of aryl methyl sites for hydroxylation is 2. The van der Waals surface area contributed by atoms with Crippen molar-refractivity contribution in [1.82, 2.24) is 4.98 Å². The van der Waals surface area contributed by atoms with Crippen LogP contribution in [-0.4, -0.2) is 42.5 Å². The number of aliphatic hydroxyl groups is 1. The first-order valence-electron chi connectivity index (χ1n) is 12.4. The number of rotatable bonds is 6. The number of hydrogen-bond donors (Lipinski definition) is 1. The third kappa shape index (κ3) is 4.41. The molecule has 1 aliphatic rings. The molecule has 0 bridgehead atoms. The number of hydrogen-bond acceptors (Lipinski definition) is 7. The van der Waals surface area contributed by atoms with Crippen LogP contribution >= 0.6 is 11.3 Å². The van der Waals surface area contributed by atoms with Crippen molar-refractivity contribution < 1.29 is 19.4 Å². The van der Waals surface area contributed by atoms with E-state index >= 15 is 0 Å². The molecule has 0 radical (unpaired) electrons. The fraction of sp³-hybridized carbons (Fsp3) is 0.233. The van der Waals surface area contributed by atoms with Gasteiger partial charge in [-0.3, -0.25) is 14.5 Å². The highest BCUT2D eigenvalue weighted by Crippen LogP contribution is 2.45. The molecule has 1 fully saturated rings. The Morgan fingerprint density at radius 2 is 1.82 bits per heavy atom. The normalized spacial score (nSPS) is 16.9. The van der Waals surface area contributed by atoms with Gasteiger partial charge in [-0.05, 0) is 67.8 Å². The number of Topliss-reactive ketones (excluding diaryl/α,β-unsaturated/α-hetero) is 1. The number of benzene rings is 3. The van der Waals surface area contributed by atoms with Crippen LogP contribution in [0.4, 0.5) is 10.8 Å². The number of aliphatic hydroxyl groups excluding tert-OH is 1. The predicted molar refractivity (Wildman–Crippen MR) is 152 cm³/mol. The fourth-order valence-corrected chi connectivity index (χ4v) is 5.99. The lowest BCUT2D eigenvalue weighted by Gasteiger charge is -2.23. The van der Waals surface area contributed by atoms with E-state index in [0.717, 1.165) is 27.0 Å².